The number of halogens is 1. The Labute approximate surface area is 131 Å². The Hall–Kier alpha value is -1.83. The maximum absolute atomic E-state index is 13.2. The second-order valence-corrected chi connectivity index (χ2v) is 5.60. The maximum Gasteiger partial charge on any atom is 0.226 e. The highest BCUT2D eigenvalue weighted by Gasteiger charge is 2.11. The fourth-order valence-electron chi connectivity index (χ4n) is 1.85. The number of aromatic nitrogens is 1. The van der Waals surface area contributed by atoms with Gasteiger partial charge in [-0.05, 0) is 12.1 Å². The molecule has 118 valence electrons. The van der Waals surface area contributed by atoms with Crippen LogP contribution in [0.4, 0.5) is 4.39 Å². The van der Waals surface area contributed by atoms with E-state index >= 15 is 0 Å². The third-order valence-electron chi connectivity index (χ3n) is 2.86. The van der Waals surface area contributed by atoms with Crippen molar-refractivity contribution in [2.24, 2.45) is 0 Å². The molecule has 1 heterocycles. The summed E-state index contributed by atoms with van der Waals surface area (Å²) in [5.74, 6) is -0.551. The van der Waals surface area contributed by atoms with Gasteiger partial charge in [-0.2, -0.15) is 0 Å². The van der Waals surface area contributed by atoms with Crippen molar-refractivity contribution < 1.29 is 19.0 Å². The largest absolute Gasteiger partial charge is 0.389 e. The molecule has 0 saturated carbocycles. The van der Waals surface area contributed by atoms with Gasteiger partial charge in [-0.3, -0.25) is 4.79 Å². The first-order valence-corrected chi connectivity index (χ1v) is 7.60. The lowest BCUT2D eigenvalue weighted by molar-refractivity contribution is -0.121. The van der Waals surface area contributed by atoms with Gasteiger partial charge in [0, 0.05) is 24.6 Å². The van der Waals surface area contributed by atoms with Crippen molar-refractivity contribution in [2.75, 3.05) is 20.3 Å². The van der Waals surface area contributed by atoms with E-state index < -0.39 is 6.10 Å². The molecule has 0 radical (unpaired) electrons. The number of aliphatic hydroxyl groups excluding tert-OH is 1. The van der Waals surface area contributed by atoms with Gasteiger partial charge in [0.05, 0.1) is 24.8 Å². The Kier molecular flexibility index (Phi) is 6.00. The molecule has 0 spiro atoms. The summed E-state index contributed by atoms with van der Waals surface area (Å²) in [5, 5.41) is 14.5. The molecule has 0 saturated heterocycles. The predicted octanol–water partition coefficient (Wildman–Crippen LogP) is 1.62. The smallest absolute Gasteiger partial charge is 0.226 e. The number of benzene rings is 1. The molecule has 1 atom stereocenters. The number of nitrogens with one attached hydrogen (secondary N) is 1. The standard InChI is InChI=1S/C15H17FN2O3S/c1-21-8-13(19)7-17-14(20)6-12-9-22-15(18-12)10-3-2-4-11(16)5-10/h2-5,9,13,19H,6-8H2,1H3,(H,17,20). The SMILES string of the molecule is COCC(O)CNC(=O)Cc1csc(-c2cccc(F)c2)n1. The quantitative estimate of drug-likeness (QED) is 0.812. The number of carbonyl (C=O) groups excluding carboxylic acids is 1. The van der Waals surface area contributed by atoms with Crippen molar-refractivity contribution in [3.8, 4) is 10.6 Å². The van der Waals surface area contributed by atoms with Crippen LogP contribution in [-0.2, 0) is 16.0 Å². The number of ether oxygens (including phenoxy) is 1. The second kappa shape index (κ2) is 7.98. The first-order chi connectivity index (χ1) is 10.6. The number of aliphatic hydroxyl groups is 1. The van der Waals surface area contributed by atoms with Crippen LogP contribution in [0.3, 0.4) is 0 Å². The number of carbonyl (C=O) groups is 1. The molecule has 1 unspecified atom stereocenters. The van der Waals surface area contributed by atoms with E-state index in [1.807, 2.05) is 0 Å². The Morgan fingerprint density at radius 2 is 2.36 bits per heavy atom. The number of hydrogen-bond donors (Lipinski definition) is 2. The maximum atomic E-state index is 13.2. The van der Waals surface area contributed by atoms with Crippen molar-refractivity contribution in [3.05, 3.63) is 41.2 Å². The van der Waals surface area contributed by atoms with Gasteiger partial charge in [0.1, 0.15) is 10.8 Å². The fourth-order valence-corrected chi connectivity index (χ4v) is 2.67. The average Bonchev–Trinajstić information content (AvgIpc) is 2.94. The summed E-state index contributed by atoms with van der Waals surface area (Å²) in [6.45, 7) is 0.300. The van der Waals surface area contributed by atoms with Crippen LogP contribution in [-0.4, -0.2) is 42.4 Å². The van der Waals surface area contributed by atoms with Crippen LogP contribution in [0.5, 0.6) is 0 Å². The van der Waals surface area contributed by atoms with E-state index in [9.17, 15) is 14.3 Å². The molecule has 7 heteroatoms. The lowest BCUT2D eigenvalue weighted by Gasteiger charge is -2.10. The summed E-state index contributed by atoms with van der Waals surface area (Å²) >= 11 is 1.36. The molecule has 5 nitrogen and oxygen atoms in total. The van der Waals surface area contributed by atoms with Crippen LogP contribution in [0.1, 0.15) is 5.69 Å². The van der Waals surface area contributed by atoms with Crippen molar-refractivity contribution in [3.63, 3.8) is 0 Å². The molecule has 2 rings (SSSR count). The third kappa shape index (κ3) is 4.87. The molecule has 0 aliphatic rings. The van der Waals surface area contributed by atoms with Crippen LogP contribution in [0.15, 0.2) is 29.6 Å². The number of rotatable bonds is 7. The van der Waals surface area contributed by atoms with Gasteiger partial charge in [-0.1, -0.05) is 12.1 Å². The minimum absolute atomic E-state index is 0.117. The van der Waals surface area contributed by atoms with Crippen LogP contribution < -0.4 is 5.32 Å². The number of nitrogens with zero attached hydrogens (tertiary/aromatic N) is 1. The van der Waals surface area contributed by atoms with Gasteiger partial charge in [-0.15, -0.1) is 11.3 Å². The normalized spacial score (nSPS) is 12.1. The topological polar surface area (TPSA) is 71.5 Å². The van der Waals surface area contributed by atoms with Crippen LogP contribution in [0.25, 0.3) is 10.6 Å². The van der Waals surface area contributed by atoms with E-state index in [0.29, 0.717) is 16.3 Å². The van der Waals surface area contributed by atoms with Gasteiger partial charge in [0.15, 0.2) is 0 Å². The van der Waals surface area contributed by atoms with Crippen LogP contribution in [0.2, 0.25) is 0 Å². The van der Waals surface area contributed by atoms with Gasteiger partial charge in [-0.25, -0.2) is 9.37 Å². The Bertz CT molecular complexity index is 633. The highest BCUT2D eigenvalue weighted by atomic mass is 32.1. The highest BCUT2D eigenvalue weighted by Crippen LogP contribution is 2.24. The zero-order chi connectivity index (χ0) is 15.9. The average molecular weight is 324 g/mol. The van der Waals surface area contributed by atoms with Crippen LogP contribution >= 0.6 is 11.3 Å². The van der Waals surface area contributed by atoms with Gasteiger partial charge in [0.25, 0.3) is 0 Å². The lowest BCUT2D eigenvalue weighted by atomic mass is 10.2. The summed E-state index contributed by atoms with van der Waals surface area (Å²) in [5.41, 5.74) is 1.30. The second-order valence-electron chi connectivity index (χ2n) is 4.74. The molecule has 1 amide bonds. The fraction of sp³-hybridized carbons (Fsp3) is 0.333. The first-order valence-electron chi connectivity index (χ1n) is 6.72. The van der Waals surface area contributed by atoms with Crippen molar-refractivity contribution >= 4 is 17.2 Å². The van der Waals surface area contributed by atoms with E-state index in [-0.39, 0.29) is 31.3 Å². The van der Waals surface area contributed by atoms with E-state index in [1.54, 1.807) is 17.5 Å². The minimum Gasteiger partial charge on any atom is -0.389 e. The van der Waals surface area contributed by atoms with Gasteiger partial charge in [0.2, 0.25) is 5.91 Å². The van der Waals surface area contributed by atoms with Gasteiger partial charge < -0.3 is 15.2 Å². The van der Waals surface area contributed by atoms with Crippen LogP contribution in [0, 0.1) is 5.82 Å². The van der Waals surface area contributed by atoms with Crippen molar-refractivity contribution in [1.82, 2.24) is 10.3 Å². The van der Waals surface area contributed by atoms with E-state index in [1.165, 1.54) is 30.6 Å². The van der Waals surface area contributed by atoms with Crippen molar-refractivity contribution in [1.29, 1.82) is 0 Å². The molecule has 0 aliphatic carbocycles. The monoisotopic (exact) mass is 324 g/mol. The molecule has 2 N–H and O–H groups in total. The highest BCUT2D eigenvalue weighted by molar-refractivity contribution is 7.13. The minimum atomic E-state index is -0.729. The van der Waals surface area contributed by atoms with E-state index in [4.69, 9.17) is 4.74 Å². The number of methoxy groups -OCH3 is 1. The lowest BCUT2D eigenvalue weighted by Crippen LogP contribution is -2.35. The summed E-state index contributed by atoms with van der Waals surface area (Å²) in [6, 6.07) is 6.17. The molecule has 1 aromatic heterocycles. The Balaban J connectivity index is 1.90. The van der Waals surface area contributed by atoms with Crippen molar-refractivity contribution in [2.45, 2.75) is 12.5 Å². The molecule has 0 aliphatic heterocycles. The Morgan fingerprint density at radius 1 is 1.55 bits per heavy atom. The third-order valence-corrected chi connectivity index (χ3v) is 3.80. The molecular formula is C15H17FN2O3S. The summed E-state index contributed by atoms with van der Waals surface area (Å²) < 4.78 is 18.0. The molecule has 0 fully saturated rings. The molecule has 1 aromatic carbocycles. The first kappa shape index (κ1) is 16.5. The molecule has 22 heavy (non-hydrogen) atoms. The number of amides is 1. The Morgan fingerprint density at radius 3 is 3.09 bits per heavy atom. The van der Waals surface area contributed by atoms with Gasteiger partial charge >= 0.3 is 0 Å². The molecule has 0 bridgehead atoms. The van der Waals surface area contributed by atoms with E-state index in [2.05, 4.69) is 10.3 Å². The number of thiazole rings is 1. The number of hydrogen-bond acceptors (Lipinski definition) is 5. The zero-order valence-electron chi connectivity index (χ0n) is 12.1. The summed E-state index contributed by atoms with van der Waals surface area (Å²) in [6.07, 6.45) is -0.613. The predicted molar refractivity (Wildman–Crippen MR) is 82.1 cm³/mol. The van der Waals surface area contributed by atoms with E-state index in [0.717, 1.165) is 0 Å². The molecular weight excluding hydrogens is 307 g/mol. The molecule has 2 aromatic rings. The summed E-state index contributed by atoms with van der Waals surface area (Å²) in [4.78, 5) is 16.1. The zero-order valence-corrected chi connectivity index (χ0v) is 12.9. The summed E-state index contributed by atoms with van der Waals surface area (Å²) in [7, 11) is 1.48.